The van der Waals surface area contributed by atoms with Gasteiger partial charge in [0.1, 0.15) is 6.61 Å². The van der Waals surface area contributed by atoms with Crippen LogP contribution in [0.4, 0.5) is 0 Å². The standard InChI is InChI=1S/C14H16N2OS2/c1-11-13(19-10-15-11)8-16(2)9-14-12(4-3-6-17)5-7-18-14/h5,7,10,17H,6,8-9H2,1-2H3. The molecule has 0 bridgehead atoms. The van der Waals surface area contributed by atoms with Gasteiger partial charge in [-0.3, -0.25) is 4.90 Å². The zero-order chi connectivity index (χ0) is 13.7. The van der Waals surface area contributed by atoms with Gasteiger partial charge in [0.15, 0.2) is 0 Å². The van der Waals surface area contributed by atoms with Crippen LogP contribution in [-0.4, -0.2) is 28.6 Å². The van der Waals surface area contributed by atoms with E-state index in [1.807, 2.05) is 23.9 Å². The predicted octanol–water partition coefficient (Wildman–Crippen LogP) is 2.49. The number of aliphatic hydroxyl groups excluding tert-OH is 1. The summed E-state index contributed by atoms with van der Waals surface area (Å²) < 4.78 is 0. The first-order valence-electron chi connectivity index (χ1n) is 5.94. The maximum atomic E-state index is 8.75. The molecule has 3 nitrogen and oxygen atoms in total. The number of aryl methyl sites for hydroxylation is 1. The summed E-state index contributed by atoms with van der Waals surface area (Å²) in [4.78, 5) is 9.08. The van der Waals surface area contributed by atoms with Crippen molar-refractivity contribution >= 4 is 22.7 Å². The molecule has 2 heterocycles. The van der Waals surface area contributed by atoms with Gasteiger partial charge in [0.25, 0.3) is 0 Å². The number of aliphatic hydroxyl groups is 1. The molecule has 0 unspecified atom stereocenters. The van der Waals surface area contributed by atoms with Gasteiger partial charge in [0, 0.05) is 28.4 Å². The molecule has 0 amide bonds. The Balaban J connectivity index is 2.01. The average Bonchev–Trinajstić information content (AvgIpc) is 2.97. The van der Waals surface area contributed by atoms with Crippen LogP contribution in [0.3, 0.4) is 0 Å². The lowest BCUT2D eigenvalue weighted by molar-refractivity contribution is 0.324. The third-order valence-corrected chi connectivity index (χ3v) is 4.54. The molecule has 2 aromatic heterocycles. The minimum absolute atomic E-state index is 0.0921. The van der Waals surface area contributed by atoms with Gasteiger partial charge < -0.3 is 5.11 Å². The van der Waals surface area contributed by atoms with Crippen LogP contribution in [0.25, 0.3) is 0 Å². The van der Waals surface area contributed by atoms with Crippen molar-refractivity contribution in [3.05, 3.63) is 38.0 Å². The monoisotopic (exact) mass is 292 g/mol. The number of thiazole rings is 1. The van der Waals surface area contributed by atoms with E-state index in [-0.39, 0.29) is 6.61 Å². The second-order valence-electron chi connectivity index (χ2n) is 4.25. The highest BCUT2D eigenvalue weighted by Gasteiger charge is 2.09. The lowest BCUT2D eigenvalue weighted by Crippen LogP contribution is -2.16. The fourth-order valence-corrected chi connectivity index (χ4v) is 3.50. The van der Waals surface area contributed by atoms with Crippen LogP contribution < -0.4 is 0 Å². The lowest BCUT2D eigenvalue weighted by Gasteiger charge is -2.15. The van der Waals surface area contributed by atoms with E-state index in [1.165, 1.54) is 9.75 Å². The second-order valence-corrected chi connectivity index (χ2v) is 6.19. The average molecular weight is 292 g/mol. The first-order valence-corrected chi connectivity index (χ1v) is 7.70. The van der Waals surface area contributed by atoms with Gasteiger partial charge in [0.05, 0.1) is 11.2 Å². The largest absolute Gasteiger partial charge is 0.384 e. The van der Waals surface area contributed by atoms with Gasteiger partial charge in [0.2, 0.25) is 0 Å². The molecule has 0 spiro atoms. The Morgan fingerprint density at radius 1 is 1.32 bits per heavy atom. The number of rotatable bonds is 4. The quantitative estimate of drug-likeness (QED) is 0.880. The number of thiophene rings is 1. The third-order valence-electron chi connectivity index (χ3n) is 2.72. The van der Waals surface area contributed by atoms with E-state index in [1.54, 1.807) is 22.7 Å². The highest BCUT2D eigenvalue weighted by atomic mass is 32.1. The summed E-state index contributed by atoms with van der Waals surface area (Å²) in [5.74, 6) is 5.70. The number of nitrogens with zero attached hydrogens (tertiary/aromatic N) is 2. The molecule has 0 aliphatic carbocycles. The molecule has 0 aliphatic rings. The molecule has 5 heteroatoms. The molecule has 0 atom stereocenters. The van der Waals surface area contributed by atoms with Crippen molar-refractivity contribution in [3.63, 3.8) is 0 Å². The minimum Gasteiger partial charge on any atom is -0.384 e. The molecule has 0 aromatic carbocycles. The molecule has 2 rings (SSSR count). The summed E-state index contributed by atoms with van der Waals surface area (Å²) in [6.07, 6.45) is 0. The molecule has 0 aliphatic heterocycles. The smallest absolute Gasteiger partial charge is 0.104 e. The Labute approximate surface area is 121 Å². The Morgan fingerprint density at radius 3 is 2.79 bits per heavy atom. The summed E-state index contributed by atoms with van der Waals surface area (Å²) in [5, 5.41) is 10.8. The van der Waals surface area contributed by atoms with Gasteiger partial charge in [-0.15, -0.1) is 22.7 Å². The van der Waals surface area contributed by atoms with Gasteiger partial charge in [-0.1, -0.05) is 11.8 Å². The highest BCUT2D eigenvalue weighted by molar-refractivity contribution is 7.10. The van der Waals surface area contributed by atoms with Crippen molar-refractivity contribution < 1.29 is 5.11 Å². The molecule has 0 saturated carbocycles. The number of hydrogen-bond acceptors (Lipinski definition) is 5. The van der Waals surface area contributed by atoms with Crippen molar-refractivity contribution in [1.82, 2.24) is 9.88 Å². The molecule has 0 saturated heterocycles. The Bertz CT molecular complexity index is 592. The van der Waals surface area contributed by atoms with Crippen molar-refractivity contribution in [2.24, 2.45) is 0 Å². The summed E-state index contributed by atoms with van der Waals surface area (Å²) >= 11 is 3.41. The van der Waals surface area contributed by atoms with E-state index < -0.39 is 0 Å². The van der Waals surface area contributed by atoms with Gasteiger partial charge >= 0.3 is 0 Å². The van der Waals surface area contributed by atoms with Crippen molar-refractivity contribution in [2.45, 2.75) is 20.0 Å². The minimum atomic E-state index is -0.0921. The molecular formula is C14H16N2OS2. The molecule has 2 aromatic rings. The van der Waals surface area contributed by atoms with Crippen molar-refractivity contribution in [1.29, 1.82) is 0 Å². The lowest BCUT2D eigenvalue weighted by atomic mass is 10.2. The summed E-state index contributed by atoms with van der Waals surface area (Å²) in [6.45, 7) is 3.72. The fraction of sp³-hybridized carbons (Fsp3) is 0.357. The summed E-state index contributed by atoms with van der Waals surface area (Å²) in [5.41, 5.74) is 4.03. The van der Waals surface area contributed by atoms with Crippen LogP contribution >= 0.6 is 22.7 Å². The van der Waals surface area contributed by atoms with E-state index in [9.17, 15) is 0 Å². The number of aromatic nitrogens is 1. The summed E-state index contributed by atoms with van der Waals surface area (Å²) in [6, 6.07) is 2.01. The van der Waals surface area contributed by atoms with Gasteiger partial charge in [-0.25, -0.2) is 4.98 Å². The molecule has 0 radical (unpaired) electrons. The fourth-order valence-electron chi connectivity index (χ4n) is 1.73. The van der Waals surface area contributed by atoms with Crippen LogP contribution in [0.2, 0.25) is 0 Å². The topological polar surface area (TPSA) is 36.4 Å². The van der Waals surface area contributed by atoms with E-state index in [2.05, 4.69) is 28.8 Å². The van der Waals surface area contributed by atoms with Gasteiger partial charge in [-0.2, -0.15) is 0 Å². The van der Waals surface area contributed by atoms with Crippen molar-refractivity contribution in [3.8, 4) is 11.8 Å². The highest BCUT2D eigenvalue weighted by Crippen LogP contribution is 2.20. The Hall–Kier alpha value is -1.19. The van der Waals surface area contributed by atoms with E-state index in [0.717, 1.165) is 24.3 Å². The summed E-state index contributed by atoms with van der Waals surface area (Å²) in [7, 11) is 2.10. The van der Waals surface area contributed by atoms with E-state index in [4.69, 9.17) is 5.11 Å². The number of hydrogen-bond donors (Lipinski definition) is 1. The van der Waals surface area contributed by atoms with Gasteiger partial charge in [-0.05, 0) is 25.4 Å². The Morgan fingerprint density at radius 2 is 2.11 bits per heavy atom. The maximum absolute atomic E-state index is 8.75. The molecule has 19 heavy (non-hydrogen) atoms. The zero-order valence-electron chi connectivity index (χ0n) is 11.0. The predicted molar refractivity (Wildman–Crippen MR) is 80.3 cm³/mol. The first kappa shape index (κ1) is 14.2. The van der Waals surface area contributed by atoms with E-state index in [0.29, 0.717) is 0 Å². The van der Waals surface area contributed by atoms with E-state index >= 15 is 0 Å². The molecule has 1 N–H and O–H groups in total. The molecular weight excluding hydrogens is 276 g/mol. The molecule has 0 fully saturated rings. The first-order chi connectivity index (χ1) is 9.20. The maximum Gasteiger partial charge on any atom is 0.104 e. The SMILES string of the molecule is Cc1ncsc1CN(C)Cc1sccc1C#CCO. The Kier molecular flexibility index (Phi) is 5.11. The van der Waals surface area contributed by atoms with Crippen LogP contribution in [0.1, 0.15) is 21.0 Å². The second kappa shape index (κ2) is 6.83. The van der Waals surface area contributed by atoms with Crippen LogP contribution in [0.15, 0.2) is 17.0 Å². The zero-order valence-corrected chi connectivity index (χ0v) is 12.6. The van der Waals surface area contributed by atoms with Crippen molar-refractivity contribution in [2.75, 3.05) is 13.7 Å². The third kappa shape index (κ3) is 3.88. The van der Waals surface area contributed by atoms with Crippen LogP contribution in [-0.2, 0) is 13.1 Å². The molecule has 100 valence electrons. The van der Waals surface area contributed by atoms with Crippen LogP contribution in [0.5, 0.6) is 0 Å². The normalized spacial score (nSPS) is 10.5. The van der Waals surface area contributed by atoms with Crippen LogP contribution in [0, 0.1) is 18.8 Å².